The molecule has 4 nitrogen and oxygen atoms in total. The van der Waals surface area contributed by atoms with Crippen molar-refractivity contribution >= 4 is 5.78 Å². The quantitative estimate of drug-likeness (QED) is 0.222. The zero-order valence-corrected chi connectivity index (χ0v) is 20.7. The first-order valence-corrected chi connectivity index (χ1v) is 12.8. The molecule has 2 aliphatic rings. The van der Waals surface area contributed by atoms with Crippen molar-refractivity contribution in [1.82, 2.24) is 0 Å². The van der Waals surface area contributed by atoms with E-state index in [0.717, 1.165) is 37.3 Å². The van der Waals surface area contributed by atoms with Gasteiger partial charge in [0, 0.05) is 12.5 Å². The first-order valence-electron chi connectivity index (χ1n) is 12.8. The van der Waals surface area contributed by atoms with Gasteiger partial charge in [0.2, 0.25) is 6.79 Å². The lowest BCUT2D eigenvalue weighted by molar-refractivity contribution is -0.138. The average molecular weight is 529 g/mol. The molecule has 0 saturated heterocycles. The van der Waals surface area contributed by atoms with E-state index in [1.807, 2.05) is 6.07 Å². The fourth-order valence-corrected chi connectivity index (χ4v) is 5.40. The SMILES string of the molecule is O=C(CCc1ccccc1C(F)(F)F)c1cc([C@@H]2CCCC[C@H]2COc2ccc3c(c2)OCO3)ccc1F. The van der Waals surface area contributed by atoms with Gasteiger partial charge >= 0.3 is 6.18 Å². The molecule has 38 heavy (non-hydrogen) atoms. The maximum atomic E-state index is 14.7. The smallest absolute Gasteiger partial charge is 0.416 e. The Labute approximate surface area is 218 Å². The molecule has 200 valence electrons. The summed E-state index contributed by atoms with van der Waals surface area (Å²) < 4.78 is 71.5. The van der Waals surface area contributed by atoms with Crippen molar-refractivity contribution in [3.05, 3.63) is 88.7 Å². The van der Waals surface area contributed by atoms with Gasteiger partial charge in [-0.25, -0.2) is 4.39 Å². The van der Waals surface area contributed by atoms with Crippen LogP contribution in [-0.2, 0) is 12.6 Å². The number of hydrogen-bond donors (Lipinski definition) is 0. The number of ketones is 1. The number of rotatable bonds is 8. The molecule has 2 atom stereocenters. The van der Waals surface area contributed by atoms with Crippen LogP contribution < -0.4 is 14.2 Å². The first kappa shape index (κ1) is 26.1. The molecule has 1 fully saturated rings. The zero-order valence-electron chi connectivity index (χ0n) is 20.7. The van der Waals surface area contributed by atoms with Crippen molar-refractivity contribution in [2.45, 2.75) is 50.6 Å². The van der Waals surface area contributed by atoms with Gasteiger partial charge in [-0.15, -0.1) is 0 Å². The van der Waals surface area contributed by atoms with Crippen molar-refractivity contribution in [2.75, 3.05) is 13.4 Å². The molecule has 3 aromatic carbocycles. The average Bonchev–Trinajstić information content (AvgIpc) is 3.39. The van der Waals surface area contributed by atoms with Crippen LogP contribution in [0.1, 0.15) is 65.1 Å². The number of hydrogen-bond acceptors (Lipinski definition) is 4. The van der Waals surface area contributed by atoms with E-state index in [2.05, 4.69) is 0 Å². The van der Waals surface area contributed by atoms with E-state index in [1.54, 1.807) is 24.3 Å². The summed E-state index contributed by atoms with van der Waals surface area (Å²) in [6, 6.07) is 15.2. The summed E-state index contributed by atoms with van der Waals surface area (Å²) in [5, 5.41) is 0. The van der Waals surface area contributed by atoms with Crippen LogP contribution in [-0.4, -0.2) is 19.2 Å². The summed E-state index contributed by atoms with van der Waals surface area (Å²) in [7, 11) is 0. The van der Waals surface area contributed by atoms with E-state index in [1.165, 1.54) is 24.3 Å². The van der Waals surface area contributed by atoms with Gasteiger partial charge in [0.05, 0.1) is 17.7 Å². The molecular weight excluding hydrogens is 500 g/mol. The third-order valence-electron chi connectivity index (χ3n) is 7.38. The molecule has 0 unspecified atom stereocenters. The third-order valence-corrected chi connectivity index (χ3v) is 7.38. The van der Waals surface area contributed by atoms with Crippen molar-refractivity contribution < 1.29 is 36.6 Å². The second-order valence-electron chi connectivity index (χ2n) is 9.79. The topological polar surface area (TPSA) is 44.8 Å². The van der Waals surface area contributed by atoms with Crippen LogP contribution in [0, 0.1) is 11.7 Å². The number of alkyl halides is 3. The lowest BCUT2D eigenvalue weighted by atomic mass is 9.75. The number of benzene rings is 3. The third kappa shape index (κ3) is 5.79. The Bertz CT molecular complexity index is 1300. The van der Waals surface area contributed by atoms with E-state index in [-0.39, 0.29) is 42.6 Å². The van der Waals surface area contributed by atoms with Gasteiger partial charge < -0.3 is 14.2 Å². The van der Waals surface area contributed by atoms with Crippen LogP contribution in [0.25, 0.3) is 0 Å². The fraction of sp³-hybridized carbons (Fsp3) is 0.367. The molecule has 8 heteroatoms. The zero-order chi connectivity index (χ0) is 26.7. The molecule has 0 spiro atoms. The minimum absolute atomic E-state index is 0.0259. The summed E-state index contributed by atoms with van der Waals surface area (Å²) in [6.07, 6.45) is -0.958. The number of carbonyl (C=O) groups is 1. The Hall–Kier alpha value is -3.55. The maximum absolute atomic E-state index is 14.7. The van der Waals surface area contributed by atoms with Gasteiger partial charge in [-0.3, -0.25) is 4.79 Å². The molecule has 1 aliphatic carbocycles. The lowest BCUT2D eigenvalue weighted by Gasteiger charge is -2.32. The second kappa shape index (κ2) is 11.1. The molecule has 1 heterocycles. The molecule has 5 rings (SSSR count). The molecule has 1 aliphatic heterocycles. The summed E-state index contributed by atoms with van der Waals surface area (Å²) in [4.78, 5) is 13.0. The normalized spacial score (nSPS) is 18.8. The van der Waals surface area contributed by atoms with E-state index >= 15 is 0 Å². The Kier molecular flexibility index (Phi) is 7.58. The highest BCUT2D eigenvalue weighted by Gasteiger charge is 2.33. The molecular formula is C30H28F4O4. The van der Waals surface area contributed by atoms with Crippen molar-refractivity contribution in [2.24, 2.45) is 5.92 Å². The van der Waals surface area contributed by atoms with E-state index < -0.39 is 23.3 Å². The highest BCUT2D eigenvalue weighted by molar-refractivity contribution is 5.96. The van der Waals surface area contributed by atoms with Crippen LogP contribution in [0.3, 0.4) is 0 Å². The first-order chi connectivity index (χ1) is 18.3. The number of Topliss-reactive ketones (excluding diaryl/α,β-unsaturated/α-hetero) is 1. The van der Waals surface area contributed by atoms with Crippen LogP contribution >= 0.6 is 0 Å². The van der Waals surface area contributed by atoms with Gasteiger partial charge in [0.1, 0.15) is 11.6 Å². The van der Waals surface area contributed by atoms with Gasteiger partial charge in [0.15, 0.2) is 17.3 Å². The predicted octanol–water partition coefficient (Wildman–Crippen LogP) is 7.74. The molecule has 0 bridgehead atoms. The minimum Gasteiger partial charge on any atom is -0.493 e. The largest absolute Gasteiger partial charge is 0.493 e. The minimum atomic E-state index is -4.51. The summed E-state index contributed by atoms with van der Waals surface area (Å²) in [5.74, 6) is 1.07. The lowest BCUT2D eigenvalue weighted by Crippen LogP contribution is -2.24. The van der Waals surface area contributed by atoms with Crippen molar-refractivity contribution in [1.29, 1.82) is 0 Å². The van der Waals surface area contributed by atoms with Crippen LogP contribution in [0.4, 0.5) is 17.6 Å². The van der Waals surface area contributed by atoms with Crippen LogP contribution in [0.2, 0.25) is 0 Å². The summed E-state index contributed by atoms with van der Waals surface area (Å²) in [6.45, 7) is 0.642. The Balaban J connectivity index is 1.28. The Morgan fingerprint density at radius 3 is 2.58 bits per heavy atom. The Morgan fingerprint density at radius 2 is 1.74 bits per heavy atom. The maximum Gasteiger partial charge on any atom is 0.416 e. The molecule has 3 aromatic rings. The predicted molar refractivity (Wildman–Crippen MR) is 133 cm³/mol. The van der Waals surface area contributed by atoms with Gasteiger partial charge in [0.25, 0.3) is 0 Å². The highest BCUT2D eigenvalue weighted by Crippen LogP contribution is 2.40. The second-order valence-corrected chi connectivity index (χ2v) is 9.79. The van der Waals surface area contributed by atoms with Gasteiger partial charge in [-0.2, -0.15) is 13.2 Å². The molecule has 0 aromatic heterocycles. The van der Waals surface area contributed by atoms with E-state index in [4.69, 9.17) is 14.2 Å². The summed E-state index contributed by atoms with van der Waals surface area (Å²) >= 11 is 0. The number of fused-ring (bicyclic) bond motifs is 1. The van der Waals surface area contributed by atoms with Gasteiger partial charge in [-0.1, -0.05) is 37.1 Å². The van der Waals surface area contributed by atoms with E-state index in [0.29, 0.717) is 23.9 Å². The van der Waals surface area contributed by atoms with Gasteiger partial charge in [-0.05, 0) is 72.6 Å². The fourth-order valence-electron chi connectivity index (χ4n) is 5.40. The monoisotopic (exact) mass is 528 g/mol. The van der Waals surface area contributed by atoms with Crippen molar-refractivity contribution in [3.8, 4) is 17.2 Å². The molecule has 0 amide bonds. The molecule has 0 radical (unpaired) electrons. The van der Waals surface area contributed by atoms with Crippen LogP contribution in [0.5, 0.6) is 17.2 Å². The van der Waals surface area contributed by atoms with Crippen molar-refractivity contribution in [3.63, 3.8) is 0 Å². The van der Waals surface area contributed by atoms with Crippen LogP contribution in [0.15, 0.2) is 60.7 Å². The standard InChI is InChI=1S/C30H28F4O4/c31-26-12-9-20(15-24(26)27(35)13-10-19-5-2-4-8-25(19)30(32,33)34)23-7-3-1-6-21(23)17-36-22-11-14-28-29(16-22)38-18-37-28/h2,4-5,8-9,11-12,14-16,21,23H,1,3,6-7,10,13,17-18H2/t21-,23-/m0/s1. The highest BCUT2D eigenvalue weighted by atomic mass is 19.4. The molecule has 0 N–H and O–H groups in total. The van der Waals surface area contributed by atoms with E-state index in [9.17, 15) is 22.4 Å². The number of aryl methyl sites for hydroxylation is 1. The summed E-state index contributed by atoms with van der Waals surface area (Å²) in [5.41, 5.74) is 0.0323. The Morgan fingerprint density at radius 1 is 0.947 bits per heavy atom. The number of carbonyl (C=O) groups excluding carboxylic acids is 1. The molecule has 1 saturated carbocycles. The number of ether oxygens (including phenoxy) is 3. The number of halogens is 4.